The van der Waals surface area contributed by atoms with Gasteiger partial charge in [-0.15, -0.1) is 0 Å². The molecule has 15 heavy (non-hydrogen) atoms. The van der Waals surface area contributed by atoms with Gasteiger partial charge < -0.3 is 5.32 Å². The molecule has 1 aliphatic heterocycles. The molecular formula is C11H12BrClN2. The van der Waals surface area contributed by atoms with Crippen molar-refractivity contribution in [3.05, 3.63) is 21.3 Å². The molecule has 2 aliphatic rings. The largest absolute Gasteiger partial charge is 0.369 e. The average Bonchev–Trinajstić information content (AvgIpc) is 2.81. The van der Waals surface area contributed by atoms with Gasteiger partial charge in [-0.25, -0.2) is 4.98 Å². The maximum atomic E-state index is 6.36. The van der Waals surface area contributed by atoms with E-state index in [4.69, 9.17) is 11.6 Å². The van der Waals surface area contributed by atoms with Crippen molar-refractivity contribution in [3.8, 4) is 0 Å². The summed E-state index contributed by atoms with van der Waals surface area (Å²) in [6.07, 6.45) is 4.25. The Morgan fingerprint density at radius 1 is 1.73 bits per heavy atom. The predicted octanol–water partition coefficient (Wildman–Crippen LogP) is 3.59. The molecule has 0 bridgehead atoms. The molecule has 1 aromatic heterocycles. The van der Waals surface area contributed by atoms with Crippen LogP contribution in [-0.4, -0.2) is 11.5 Å². The maximum Gasteiger partial charge on any atom is 0.131 e. The first kappa shape index (κ1) is 9.91. The van der Waals surface area contributed by atoms with Crippen LogP contribution < -0.4 is 5.32 Å². The lowest BCUT2D eigenvalue weighted by atomic mass is 9.96. The van der Waals surface area contributed by atoms with Crippen molar-refractivity contribution in [3.63, 3.8) is 0 Å². The summed E-state index contributed by atoms with van der Waals surface area (Å²) in [7, 11) is 0. The molecule has 2 atom stereocenters. The molecular weight excluding hydrogens is 275 g/mol. The second-order valence-electron chi connectivity index (χ2n) is 4.46. The quantitative estimate of drug-likeness (QED) is 0.854. The minimum atomic E-state index is 0.290. The lowest BCUT2D eigenvalue weighted by molar-refractivity contribution is 0.638. The van der Waals surface area contributed by atoms with Crippen molar-refractivity contribution in [2.45, 2.75) is 25.2 Å². The number of nitrogens with zero attached hydrogens (tertiary/aromatic N) is 1. The zero-order valence-electron chi connectivity index (χ0n) is 8.48. The minimum absolute atomic E-state index is 0.290. The SMILES string of the molecule is CCC1CC12CNc1ncc(Br)c(Cl)c12. The van der Waals surface area contributed by atoms with Crippen LogP contribution in [0.3, 0.4) is 0 Å². The fourth-order valence-electron chi connectivity index (χ4n) is 2.82. The Bertz CT molecular complexity index is 435. The van der Waals surface area contributed by atoms with Gasteiger partial charge in [0.2, 0.25) is 0 Å². The third kappa shape index (κ3) is 1.19. The summed E-state index contributed by atoms with van der Waals surface area (Å²) in [6.45, 7) is 3.25. The summed E-state index contributed by atoms with van der Waals surface area (Å²) in [6, 6.07) is 0. The summed E-state index contributed by atoms with van der Waals surface area (Å²) in [4.78, 5) is 4.38. The number of nitrogens with one attached hydrogen (secondary N) is 1. The predicted molar refractivity (Wildman–Crippen MR) is 65.5 cm³/mol. The summed E-state index contributed by atoms with van der Waals surface area (Å²) in [5, 5.41) is 4.22. The summed E-state index contributed by atoms with van der Waals surface area (Å²) < 4.78 is 0.910. The van der Waals surface area contributed by atoms with Gasteiger partial charge in [0.25, 0.3) is 0 Å². The molecule has 80 valence electrons. The molecule has 1 fully saturated rings. The zero-order valence-corrected chi connectivity index (χ0v) is 10.8. The second kappa shape index (κ2) is 3.11. The minimum Gasteiger partial charge on any atom is -0.369 e. The van der Waals surface area contributed by atoms with Gasteiger partial charge in [-0.1, -0.05) is 24.9 Å². The van der Waals surface area contributed by atoms with Crippen molar-refractivity contribution in [2.75, 3.05) is 11.9 Å². The van der Waals surface area contributed by atoms with Crippen LogP contribution in [0.25, 0.3) is 0 Å². The Hall–Kier alpha value is -0.280. The van der Waals surface area contributed by atoms with Crippen LogP contribution >= 0.6 is 27.5 Å². The van der Waals surface area contributed by atoms with Crippen molar-refractivity contribution in [2.24, 2.45) is 5.92 Å². The number of anilines is 1. The van der Waals surface area contributed by atoms with Crippen LogP contribution in [0, 0.1) is 5.92 Å². The Balaban J connectivity index is 2.14. The Morgan fingerprint density at radius 2 is 2.53 bits per heavy atom. The lowest BCUT2D eigenvalue weighted by Crippen LogP contribution is -2.12. The molecule has 0 saturated heterocycles. The standard InChI is InChI=1S/C11H12BrClN2/c1-2-6-3-11(6)5-15-10-8(11)9(13)7(12)4-14-10/h4,6H,2-3,5H2,1H3,(H,14,15). The van der Waals surface area contributed by atoms with Gasteiger partial charge in [-0.05, 0) is 28.3 Å². The van der Waals surface area contributed by atoms with E-state index >= 15 is 0 Å². The number of aromatic nitrogens is 1. The average molecular weight is 288 g/mol. The van der Waals surface area contributed by atoms with E-state index in [0.29, 0.717) is 0 Å². The number of hydrogen-bond donors (Lipinski definition) is 1. The summed E-state index contributed by atoms with van der Waals surface area (Å²) in [5.74, 6) is 1.76. The van der Waals surface area contributed by atoms with Crippen molar-refractivity contribution >= 4 is 33.3 Å². The van der Waals surface area contributed by atoms with E-state index in [1.54, 1.807) is 6.20 Å². The highest BCUT2D eigenvalue weighted by molar-refractivity contribution is 9.10. The molecule has 0 amide bonds. The summed E-state index contributed by atoms with van der Waals surface area (Å²) >= 11 is 9.81. The van der Waals surface area contributed by atoms with Gasteiger partial charge in [0.1, 0.15) is 5.82 Å². The lowest BCUT2D eigenvalue weighted by Gasteiger charge is -2.11. The summed E-state index contributed by atoms with van der Waals surface area (Å²) in [5.41, 5.74) is 1.53. The van der Waals surface area contributed by atoms with E-state index < -0.39 is 0 Å². The third-order valence-electron chi connectivity index (χ3n) is 3.77. The highest BCUT2D eigenvalue weighted by atomic mass is 79.9. The monoisotopic (exact) mass is 286 g/mol. The van der Waals surface area contributed by atoms with E-state index in [9.17, 15) is 0 Å². The first-order valence-electron chi connectivity index (χ1n) is 5.27. The Kier molecular flexibility index (Phi) is 2.05. The van der Waals surface area contributed by atoms with Crippen molar-refractivity contribution < 1.29 is 0 Å². The van der Waals surface area contributed by atoms with Gasteiger partial charge in [-0.3, -0.25) is 0 Å². The van der Waals surface area contributed by atoms with Gasteiger partial charge in [-0.2, -0.15) is 0 Å². The van der Waals surface area contributed by atoms with Crippen LogP contribution in [0.15, 0.2) is 10.7 Å². The molecule has 1 aromatic rings. The van der Waals surface area contributed by atoms with Crippen LogP contribution in [0.5, 0.6) is 0 Å². The van der Waals surface area contributed by atoms with Crippen LogP contribution in [-0.2, 0) is 5.41 Å². The molecule has 4 heteroatoms. The Morgan fingerprint density at radius 3 is 3.20 bits per heavy atom. The number of halogens is 2. The van der Waals surface area contributed by atoms with E-state index in [-0.39, 0.29) is 5.41 Å². The van der Waals surface area contributed by atoms with Crippen LogP contribution in [0.4, 0.5) is 5.82 Å². The third-order valence-corrected chi connectivity index (χ3v) is 4.99. The number of fused-ring (bicyclic) bond motifs is 2. The molecule has 2 heterocycles. The smallest absolute Gasteiger partial charge is 0.131 e. The fraction of sp³-hybridized carbons (Fsp3) is 0.545. The molecule has 1 saturated carbocycles. The number of pyridine rings is 1. The van der Waals surface area contributed by atoms with Crippen molar-refractivity contribution in [1.29, 1.82) is 0 Å². The van der Waals surface area contributed by atoms with Gasteiger partial charge in [0.15, 0.2) is 0 Å². The molecule has 1 spiro atoms. The van der Waals surface area contributed by atoms with E-state index in [0.717, 1.165) is 27.8 Å². The van der Waals surface area contributed by atoms with Gasteiger partial charge in [0, 0.05) is 23.7 Å². The highest BCUT2D eigenvalue weighted by Gasteiger charge is 2.59. The van der Waals surface area contributed by atoms with E-state index in [1.807, 2.05) is 0 Å². The van der Waals surface area contributed by atoms with Crippen LogP contribution in [0.1, 0.15) is 25.3 Å². The van der Waals surface area contributed by atoms with Gasteiger partial charge >= 0.3 is 0 Å². The normalized spacial score (nSPS) is 31.5. The molecule has 0 aromatic carbocycles. The molecule has 1 N–H and O–H groups in total. The fourth-order valence-corrected chi connectivity index (χ4v) is 3.45. The molecule has 3 rings (SSSR count). The molecule has 2 unspecified atom stereocenters. The first-order valence-corrected chi connectivity index (χ1v) is 6.44. The van der Waals surface area contributed by atoms with Gasteiger partial charge in [0.05, 0.1) is 9.50 Å². The Labute approximate surface area is 103 Å². The molecule has 1 aliphatic carbocycles. The molecule has 2 nitrogen and oxygen atoms in total. The maximum absolute atomic E-state index is 6.36. The highest BCUT2D eigenvalue weighted by Crippen LogP contribution is 2.62. The number of rotatable bonds is 1. The number of hydrogen-bond acceptors (Lipinski definition) is 2. The second-order valence-corrected chi connectivity index (χ2v) is 5.70. The van der Waals surface area contributed by atoms with E-state index in [1.165, 1.54) is 18.4 Å². The first-order chi connectivity index (χ1) is 7.19. The van der Waals surface area contributed by atoms with Crippen LogP contribution in [0.2, 0.25) is 5.02 Å². The topological polar surface area (TPSA) is 24.9 Å². The van der Waals surface area contributed by atoms with E-state index in [2.05, 4.69) is 33.2 Å². The zero-order chi connectivity index (χ0) is 10.6. The molecule has 0 radical (unpaired) electrons. The van der Waals surface area contributed by atoms with Crippen molar-refractivity contribution in [1.82, 2.24) is 4.98 Å².